The summed E-state index contributed by atoms with van der Waals surface area (Å²) in [5.74, 6) is 4.26. The van der Waals surface area contributed by atoms with Crippen molar-refractivity contribution in [2.75, 3.05) is 12.4 Å². The minimum atomic E-state index is -0.788. The third kappa shape index (κ3) is 4.70. The molecule has 11 heteroatoms. The number of carbonyl (C=O) groups is 3. The van der Waals surface area contributed by atoms with Crippen molar-refractivity contribution in [3.05, 3.63) is 0 Å². The molecule has 2 aliphatic rings. The van der Waals surface area contributed by atoms with Gasteiger partial charge >= 0.3 is 12.0 Å². The number of carboxylic acid groups (broad SMARTS) is 1. The number of hydrogen-bond acceptors (Lipinski definition) is 7. The Balaban J connectivity index is 1.78. The van der Waals surface area contributed by atoms with Crippen LogP contribution in [0.1, 0.15) is 25.7 Å². The van der Waals surface area contributed by atoms with Crippen molar-refractivity contribution in [1.29, 1.82) is 0 Å². The second-order valence-corrected chi connectivity index (χ2v) is 6.67. The van der Waals surface area contributed by atoms with Gasteiger partial charge in [-0.1, -0.05) is 6.42 Å². The van der Waals surface area contributed by atoms with E-state index in [0.29, 0.717) is 6.42 Å². The van der Waals surface area contributed by atoms with Gasteiger partial charge in [-0.05, 0) is 12.8 Å². The summed E-state index contributed by atoms with van der Waals surface area (Å²) < 4.78 is 0. The first-order valence-corrected chi connectivity index (χ1v) is 8.37. The van der Waals surface area contributed by atoms with E-state index in [4.69, 9.17) is 11.0 Å². The molecule has 3 amide bonds. The van der Waals surface area contributed by atoms with E-state index in [0.717, 1.165) is 18.6 Å². The number of unbranched alkanes of at least 4 members (excludes halogenated alkanes) is 1. The Morgan fingerprint density at radius 2 is 2.26 bits per heavy atom. The van der Waals surface area contributed by atoms with Crippen molar-refractivity contribution >= 4 is 29.7 Å². The zero-order chi connectivity index (χ0) is 16.8. The minimum Gasteiger partial charge on any atom is -0.481 e. The summed E-state index contributed by atoms with van der Waals surface area (Å²) in [5, 5.41) is 13.1. The summed E-state index contributed by atoms with van der Waals surface area (Å²) in [6.45, 7) is -0.308. The van der Waals surface area contributed by atoms with Crippen molar-refractivity contribution in [3.8, 4) is 0 Å². The number of nitrogens with zero attached hydrogens (tertiary/aromatic N) is 1. The predicted molar refractivity (Wildman–Crippen MR) is 81.7 cm³/mol. The van der Waals surface area contributed by atoms with E-state index in [2.05, 4.69) is 21.1 Å². The zero-order valence-corrected chi connectivity index (χ0v) is 13.3. The maximum atomic E-state index is 12.0. The van der Waals surface area contributed by atoms with Gasteiger partial charge in [-0.25, -0.2) is 15.7 Å². The summed E-state index contributed by atoms with van der Waals surface area (Å²) in [7, 11) is 0. The minimum absolute atomic E-state index is 0.0208. The van der Waals surface area contributed by atoms with E-state index in [1.165, 1.54) is 5.01 Å². The molecule has 6 N–H and O–H groups in total. The van der Waals surface area contributed by atoms with Crippen LogP contribution < -0.4 is 22.2 Å². The highest BCUT2D eigenvalue weighted by atomic mass is 32.2. The van der Waals surface area contributed by atoms with E-state index >= 15 is 0 Å². The van der Waals surface area contributed by atoms with Gasteiger partial charge in [0.05, 0.1) is 12.1 Å². The molecule has 0 radical (unpaired) electrons. The van der Waals surface area contributed by atoms with Crippen LogP contribution in [0.3, 0.4) is 0 Å². The monoisotopic (exact) mass is 347 g/mol. The summed E-state index contributed by atoms with van der Waals surface area (Å²) in [5.41, 5.74) is 4.93. The van der Waals surface area contributed by atoms with E-state index < -0.39 is 11.9 Å². The molecule has 0 aromatic rings. The first kappa shape index (κ1) is 17.8. The number of aliphatic carboxylic acids is 1. The van der Waals surface area contributed by atoms with Gasteiger partial charge in [0.15, 0.2) is 0 Å². The Bertz CT molecular complexity index is 465. The standard InChI is InChI=1S/C12H21N5O5S/c13-22-5-9(18)15-16-17-7-6-23-8(11(7)14-12(17)21)3-1-2-4-10(19)20/h7-8,11,16H,1-6,13H2,(H,14,21)(H,15,18)(H,19,20)/t7-,8-,11-/m0/s1. The van der Waals surface area contributed by atoms with Gasteiger partial charge in [-0.2, -0.15) is 11.8 Å². The van der Waals surface area contributed by atoms with Crippen LogP contribution in [0.4, 0.5) is 4.79 Å². The molecule has 2 rings (SSSR count). The normalized spacial score (nSPS) is 26.0. The molecule has 10 nitrogen and oxygen atoms in total. The van der Waals surface area contributed by atoms with E-state index in [9.17, 15) is 14.4 Å². The fraction of sp³-hybridized carbons (Fsp3) is 0.750. The number of carboxylic acids is 1. The van der Waals surface area contributed by atoms with Crippen LogP contribution in [0.25, 0.3) is 0 Å². The Morgan fingerprint density at radius 3 is 2.96 bits per heavy atom. The van der Waals surface area contributed by atoms with Gasteiger partial charge in [0.1, 0.15) is 6.61 Å². The SMILES string of the molecule is NOCC(=O)NNN1C(=O)N[C@@H]2[C@H](CCCCC(=O)O)SC[C@@H]21. The fourth-order valence-electron chi connectivity index (χ4n) is 2.72. The lowest BCUT2D eigenvalue weighted by atomic mass is 10.0. The van der Waals surface area contributed by atoms with Crippen molar-refractivity contribution in [2.45, 2.75) is 43.0 Å². The number of urea groups is 1. The smallest absolute Gasteiger partial charge is 0.333 e. The van der Waals surface area contributed by atoms with Gasteiger partial charge in [0.25, 0.3) is 5.91 Å². The fourth-order valence-corrected chi connectivity index (χ4v) is 4.31. The number of rotatable bonds is 9. The molecule has 0 bridgehead atoms. The molecule has 2 saturated heterocycles. The van der Waals surface area contributed by atoms with Gasteiger partial charge in [-0.3, -0.25) is 19.9 Å². The lowest BCUT2D eigenvalue weighted by Crippen LogP contribution is -2.55. The molecule has 2 heterocycles. The lowest BCUT2D eigenvalue weighted by Gasteiger charge is -2.22. The largest absolute Gasteiger partial charge is 0.481 e. The molecule has 0 unspecified atom stereocenters. The first-order valence-electron chi connectivity index (χ1n) is 7.32. The van der Waals surface area contributed by atoms with Crippen LogP contribution in [-0.4, -0.2) is 57.7 Å². The number of nitrogens with one attached hydrogen (secondary N) is 3. The maximum Gasteiger partial charge on any atom is 0.333 e. The summed E-state index contributed by atoms with van der Waals surface area (Å²) in [6, 6.07) is -0.395. The summed E-state index contributed by atoms with van der Waals surface area (Å²) in [6.07, 6.45) is 2.46. The zero-order valence-electron chi connectivity index (χ0n) is 12.5. The van der Waals surface area contributed by atoms with Crippen molar-refractivity contribution in [1.82, 2.24) is 21.3 Å². The second kappa shape index (κ2) is 8.34. The van der Waals surface area contributed by atoms with Crippen LogP contribution in [0.5, 0.6) is 0 Å². The third-order valence-electron chi connectivity index (χ3n) is 3.80. The first-order chi connectivity index (χ1) is 11.0. The Labute approximate surface area is 137 Å². The molecule has 2 fully saturated rings. The average molecular weight is 347 g/mol. The average Bonchev–Trinajstić information content (AvgIpc) is 3.00. The van der Waals surface area contributed by atoms with Gasteiger partial charge < -0.3 is 10.4 Å². The van der Waals surface area contributed by atoms with Gasteiger partial charge in [-0.15, -0.1) is 5.53 Å². The number of hydrogen-bond donors (Lipinski definition) is 5. The number of thioether (sulfide) groups is 1. The van der Waals surface area contributed by atoms with Crippen molar-refractivity contribution < 1.29 is 24.3 Å². The molecule has 0 aliphatic carbocycles. The molecule has 0 spiro atoms. The highest BCUT2D eigenvalue weighted by Crippen LogP contribution is 2.36. The van der Waals surface area contributed by atoms with Crippen molar-refractivity contribution in [2.24, 2.45) is 5.90 Å². The van der Waals surface area contributed by atoms with Gasteiger partial charge in [0, 0.05) is 17.4 Å². The Hall–Kier alpha value is -1.56. The topological polar surface area (TPSA) is 146 Å². The number of carbonyl (C=O) groups excluding carboxylic acids is 2. The number of hydrazine groups is 2. The predicted octanol–water partition coefficient (Wildman–Crippen LogP) is -1.06. The Morgan fingerprint density at radius 1 is 1.48 bits per heavy atom. The maximum absolute atomic E-state index is 12.0. The second-order valence-electron chi connectivity index (χ2n) is 5.39. The highest BCUT2D eigenvalue weighted by molar-refractivity contribution is 8.00. The van der Waals surface area contributed by atoms with Crippen LogP contribution in [-0.2, 0) is 14.4 Å². The van der Waals surface area contributed by atoms with Crippen LogP contribution >= 0.6 is 11.8 Å². The van der Waals surface area contributed by atoms with E-state index in [-0.39, 0.29) is 36.4 Å². The van der Waals surface area contributed by atoms with Crippen LogP contribution in [0.15, 0.2) is 0 Å². The molecule has 3 atom stereocenters. The molecule has 130 valence electrons. The molecule has 0 aromatic heterocycles. The Kier molecular flexibility index (Phi) is 6.45. The van der Waals surface area contributed by atoms with E-state index in [1.807, 2.05) is 0 Å². The van der Waals surface area contributed by atoms with E-state index in [1.54, 1.807) is 11.8 Å². The quantitative estimate of drug-likeness (QED) is 0.201. The third-order valence-corrected chi connectivity index (χ3v) is 5.29. The number of amides is 3. The van der Waals surface area contributed by atoms with Gasteiger partial charge in [0.2, 0.25) is 0 Å². The molecule has 0 saturated carbocycles. The summed E-state index contributed by atoms with van der Waals surface area (Å²) in [4.78, 5) is 38.0. The molecule has 0 aromatic carbocycles. The molecule has 2 aliphatic heterocycles. The molecule has 23 heavy (non-hydrogen) atoms. The molecular weight excluding hydrogens is 326 g/mol. The number of fused-ring (bicyclic) bond motifs is 1. The molecular formula is C12H21N5O5S. The van der Waals surface area contributed by atoms with Crippen LogP contribution in [0, 0.1) is 0 Å². The van der Waals surface area contributed by atoms with Crippen molar-refractivity contribution in [3.63, 3.8) is 0 Å². The van der Waals surface area contributed by atoms with Crippen LogP contribution in [0.2, 0.25) is 0 Å². The summed E-state index contributed by atoms with van der Waals surface area (Å²) >= 11 is 1.74. The highest BCUT2D eigenvalue weighted by Gasteiger charge is 2.48. The lowest BCUT2D eigenvalue weighted by molar-refractivity contribution is -0.137. The number of nitrogens with two attached hydrogens (primary N) is 1.